The maximum Gasteiger partial charge on any atom is 0.264 e. The third-order valence-corrected chi connectivity index (χ3v) is 6.63. The monoisotopic (exact) mass is 440 g/mol. The van der Waals surface area contributed by atoms with Crippen LogP contribution in [0.1, 0.15) is 15.9 Å². The van der Waals surface area contributed by atoms with Crippen molar-refractivity contribution in [1.82, 2.24) is 0 Å². The van der Waals surface area contributed by atoms with Crippen molar-refractivity contribution in [1.29, 1.82) is 0 Å². The molecule has 0 aromatic heterocycles. The van der Waals surface area contributed by atoms with E-state index in [1.54, 1.807) is 66.7 Å². The maximum atomic E-state index is 12.9. The van der Waals surface area contributed by atoms with Crippen LogP contribution in [0.4, 0.5) is 11.4 Å². The highest BCUT2D eigenvalue weighted by Gasteiger charge is 2.21. The van der Waals surface area contributed by atoms with Crippen molar-refractivity contribution in [2.24, 2.45) is 0 Å². The lowest BCUT2D eigenvalue weighted by atomic mass is 10.2. The van der Waals surface area contributed by atoms with Crippen molar-refractivity contribution in [3.05, 3.63) is 77.9 Å². The SMILES string of the molecule is COc1ccc(OC)c(NC(=O)c2ccc(N(C)S(=O)(=O)c3ccc(C)cc3)cc2)c1. The Morgan fingerprint density at radius 3 is 2.13 bits per heavy atom. The van der Waals surface area contributed by atoms with Gasteiger partial charge in [0.25, 0.3) is 15.9 Å². The zero-order chi connectivity index (χ0) is 22.6. The van der Waals surface area contributed by atoms with E-state index >= 15 is 0 Å². The zero-order valence-corrected chi connectivity index (χ0v) is 18.6. The first kappa shape index (κ1) is 22.2. The lowest BCUT2D eigenvalue weighted by Crippen LogP contribution is -2.26. The minimum atomic E-state index is -3.70. The maximum absolute atomic E-state index is 12.9. The first-order chi connectivity index (χ1) is 14.8. The molecule has 7 nitrogen and oxygen atoms in total. The number of nitrogens with zero attached hydrogens (tertiary/aromatic N) is 1. The summed E-state index contributed by atoms with van der Waals surface area (Å²) < 4.78 is 37.4. The number of carbonyl (C=O) groups is 1. The number of hydrogen-bond donors (Lipinski definition) is 1. The minimum absolute atomic E-state index is 0.201. The smallest absolute Gasteiger partial charge is 0.264 e. The molecule has 0 saturated heterocycles. The number of aryl methyl sites for hydroxylation is 1. The molecule has 3 rings (SSSR count). The van der Waals surface area contributed by atoms with E-state index in [2.05, 4.69) is 5.32 Å². The first-order valence-corrected chi connectivity index (χ1v) is 10.9. The van der Waals surface area contributed by atoms with Gasteiger partial charge in [-0.3, -0.25) is 9.10 Å². The third kappa shape index (κ3) is 4.80. The molecule has 0 aliphatic carbocycles. The molecule has 1 amide bonds. The molecule has 0 aliphatic heterocycles. The van der Waals surface area contributed by atoms with E-state index in [4.69, 9.17) is 9.47 Å². The predicted molar refractivity (Wildman–Crippen MR) is 121 cm³/mol. The summed E-state index contributed by atoms with van der Waals surface area (Å²) >= 11 is 0. The quantitative estimate of drug-likeness (QED) is 0.598. The van der Waals surface area contributed by atoms with Gasteiger partial charge in [-0.2, -0.15) is 0 Å². The fraction of sp³-hybridized carbons (Fsp3) is 0.174. The van der Waals surface area contributed by atoms with Crippen LogP contribution < -0.4 is 19.1 Å². The number of rotatable bonds is 7. The summed E-state index contributed by atoms with van der Waals surface area (Å²) in [5, 5.41) is 2.79. The number of nitrogens with one attached hydrogen (secondary N) is 1. The van der Waals surface area contributed by atoms with Crippen LogP contribution in [0, 0.1) is 6.92 Å². The van der Waals surface area contributed by atoms with Crippen LogP contribution in [-0.4, -0.2) is 35.6 Å². The average molecular weight is 441 g/mol. The molecule has 0 spiro atoms. The summed E-state index contributed by atoms with van der Waals surface area (Å²) in [6.45, 7) is 1.89. The van der Waals surface area contributed by atoms with E-state index in [0.717, 1.165) is 5.56 Å². The normalized spacial score (nSPS) is 11.0. The first-order valence-electron chi connectivity index (χ1n) is 9.45. The van der Waals surface area contributed by atoms with Gasteiger partial charge in [0.1, 0.15) is 11.5 Å². The van der Waals surface area contributed by atoms with Gasteiger partial charge in [0.15, 0.2) is 0 Å². The Morgan fingerprint density at radius 2 is 1.55 bits per heavy atom. The van der Waals surface area contributed by atoms with Gasteiger partial charge in [-0.15, -0.1) is 0 Å². The largest absolute Gasteiger partial charge is 0.497 e. The number of anilines is 2. The van der Waals surface area contributed by atoms with Crippen LogP contribution in [0.15, 0.2) is 71.6 Å². The Morgan fingerprint density at radius 1 is 0.903 bits per heavy atom. The molecule has 3 aromatic carbocycles. The summed E-state index contributed by atoms with van der Waals surface area (Å²) in [6.07, 6.45) is 0. The summed E-state index contributed by atoms with van der Waals surface area (Å²) in [7, 11) is 0.818. The van der Waals surface area contributed by atoms with Crippen LogP contribution in [0.3, 0.4) is 0 Å². The summed E-state index contributed by atoms with van der Waals surface area (Å²) in [4.78, 5) is 12.9. The highest BCUT2D eigenvalue weighted by atomic mass is 32.2. The van der Waals surface area contributed by atoms with Crippen LogP contribution in [0.25, 0.3) is 0 Å². The van der Waals surface area contributed by atoms with Crippen LogP contribution in [0.2, 0.25) is 0 Å². The molecule has 0 radical (unpaired) electrons. The molecule has 0 heterocycles. The van der Waals surface area contributed by atoms with Crippen LogP contribution in [0.5, 0.6) is 11.5 Å². The van der Waals surface area contributed by atoms with E-state index in [0.29, 0.717) is 28.4 Å². The van der Waals surface area contributed by atoms with Crippen molar-refractivity contribution in [3.8, 4) is 11.5 Å². The van der Waals surface area contributed by atoms with E-state index < -0.39 is 10.0 Å². The standard InChI is InChI=1S/C23H24N2O5S/c1-16-5-12-20(13-6-16)31(27,28)25(2)18-9-7-17(8-10-18)23(26)24-21-15-19(29-3)11-14-22(21)30-4/h5-15H,1-4H3,(H,24,26). The van der Waals surface area contributed by atoms with Crippen molar-refractivity contribution in [3.63, 3.8) is 0 Å². The second-order valence-corrected chi connectivity index (χ2v) is 8.82. The molecular weight excluding hydrogens is 416 g/mol. The van der Waals surface area contributed by atoms with E-state index in [1.807, 2.05) is 6.92 Å². The van der Waals surface area contributed by atoms with Gasteiger partial charge < -0.3 is 14.8 Å². The topological polar surface area (TPSA) is 84.9 Å². The highest BCUT2D eigenvalue weighted by Crippen LogP contribution is 2.29. The van der Waals surface area contributed by atoms with Gasteiger partial charge >= 0.3 is 0 Å². The number of ether oxygens (including phenoxy) is 2. The molecule has 31 heavy (non-hydrogen) atoms. The number of hydrogen-bond acceptors (Lipinski definition) is 5. The lowest BCUT2D eigenvalue weighted by Gasteiger charge is -2.20. The molecule has 0 unspecified atom stereocenters. The summed E-state index contributed by atoms with van der Waals surface area (Å²) in [5.74, 6) is 0.714. The molecule has 3 aromatic rings. The Balaban J connectivity index is 1.80. The van der Waals surface area contributed by atoms with Gasteiger partial charge in [0.05, 0.1) is 30.5 Å². The molecule has 0 bridgehead atoms. The number of carbonyl (C=O) groups excluding carboxylic acids is 1. The number of benzene rings is 3. The van der Waals surface area contributed by atoms with Gasteiger partial charge in [0.2, 0.25) is 0 Å². The van der Waals surface area contributed by atoms with Crippen molar-refractivity contribution >= 4 is 27.3 Å². The second-order valence-electron chi connectivity index (χ2n) is 6.85. The van der Waals surface area contributed by atoms with Gasteiger partial charge in [-0.25, -0.2) is 8.42 Å². The number of sulfonamides is 1. The molecule has 1 N–H and O–H groups in total. The number of methoxy groups -OCH3 is 2. The Kier molecular flexibility index (Phi) is 6.50. The Hall–Kier alpha value is -3.52. The molecule has 162 valence electrons. The third-order valence-electron chi connectivity index (χ3n) is 4.83. The Labute approximate surface area is 182 Å². The van der Waals surface area contributed by atoms with E-state index in [-0.39, 0.29) is 10.8 Å². The fourth-order valence-electron chi connectivity index (χ4n) is 2.94. The summed E-state index contributed by atoms with van der Waals surface area (Å²) in [6, 6.07) is 18.0. The molecule has 0 saturated carbocycles. The second kappa shape index (κ2) is 9.09. The molecule has 0 aliphatic rings. The van der Waals surface area contributed by atoms with E-state index in [1.165, 1.54) is 25.6 Å². The van der Waals surface area contributed by atoms with Crippen molar-refractivity contribution in [2.75, 3.05) is 30.9 Å². The predicted octanol–water partition coefficient (Wildman–Crippen LogP) is 4.09. The van der Waals surface area contributed by atoms with Gasteiger partial charge in [-0.1, -0.05) is 17.7 Å². The molecule has 0 fully saturated rings. The molecular formula is C23H24N2O5S. The Bertz CT molecular complexity index is 1170. The number of amides is 1. The fourth-order valence-corrected chi connectivity index (χ4v) is 4.13. The van der Waals surface area contributed by atoms with Gasteiger partial charge in [-0.05, 0) is 55.5 Å². The highest BCUT2D eigenvalue weighted by molar-refractivity contribution is 7.92. The average Bonchev–Trinajstić information content (AvgIpc) is 2.78. The summed E-state index contributed by atoms with van der Waals surface area (Å²) in [5.41, 5.74) is 2.26. The lowest BCUT2D eigenvalue weighted by molar-refractivity contribution is 0.102. The zero-order valence-electron chi connectivity index (χ0n) is 17.7. The van der Waals surface area contributed by atoms with Crippen LogP contribution >= 0.6 is 0 Å². The minimum Gasteiger partial charge on any atom is -0.497 e. The molecule has 0 atom stereocenters. The van der Waals surface area contributed by atoms with Gasteiger partial charge in [0, 0.05) is 18.7 Å². The van der Waals surface area contributed by atoms with Crippen LogP contribution in [-0.2, 0) is 10.0 Å². The van der Waals surface area contributed by atoms with Crippen molar-refractivity contribution in [2.45, 2.75) is 11.8 Å². The van der Waals surface area contributed by atoms with Crippen molar-refractivity contribution < 1.29 is 22.7 Å². The van der Waals surface area contributed by atoms with E-state index in [9.17, 15) is 13.2 Å². The molecule has 8 heteroatoms.